The van der Waals surface area contributed by atoms with Crippen molar-refractivity contribution >= 4 is 71.7 Å². The normalized spacial score (nSPS) is 11.7. The molecule has 2 aromatic heterocycles. The lowest BCUT2D eigenvalue weighted by atomic mass is 9.97. The maximum absolute atomic E-state index is 6.79. The van der Waals surface area contributed by atoms with E-state index in [1.165, 1.54) is 10.8 Å². The summed E-state index contributed by atoms with van der Waals surface area (Å²) in [5.74, 6) is 0. The Morgan fingerprint density at radius 1 is 0.367 bits per heavy atom. The van der Waals surface area contributed by atoms with Gasteiger partial charge in [0.05, 0.1) is 11.4 Å². The largest absolute Gasteiger partial charge is 0.456 e. The Balaban J connectivity index is 1.22. The van der Waals surface area contributed by atoms with E-state index in [4.69, 9.17) is 8.83 Å². The zero-order valence-electron chi connectivity index (χ0n) is 26.5. The second kappa shape index (κ2) is 11.0. The number of para-hydroxylation sites is 2. The minimum atomic E-state index is 0.858. The van der Waals surface area contributed by atoms with Crippen LogP contribution < -0.4 is 4.90 Å². The molecule has 10 rings (SSSR count). The summed E-state index contributed by atoms with van der Waals surface area (Å²) in [6.07, 6.45) is 0. The molecule has 0 spiro atoms. The molecule has 0 aliphatic rings. The van der Waals surface area contributed by atoms with E-state index in [9.17, 15) is 0 Å². The molecule has 0 bridgehead atoms. The monoisotopic (exact) mass is 627 g/mol. The fourth-order valence-corrected chi connectivity index (χ4v) is 7.35. The zero-order chi connectivity index (χ0) is 32.3. The van der Waals surface area contributed by atoms with Crippen LogP contribution in [0.25, 0.3) is 76.9 Å². The number of anilines is 3. The van der Waals surface area contributed by atoms with Crippen molar-refractivity contribution in [1.82, 2.24) is 0 Å². The number of fused-ring (bicyclic) bond motifs is 7. The van der Waals surface area contributed by atoms with Crippen molar-refractivity contribution in [1.29, 1.82) is 0 Å². The second-order valence-corrected chi connectivity index (χ2v) is 12.5. The Bertz CT molecular complexity index is 2820. The summed E-state index contributed by atoms with van der Waals surface area (Å²) in [5, 5.41) is 6.80. The summed E-state index contributed by atoms with van der Waals surface area (Å²) in [7, 11) is 0. The first-order valence-electron chi connectivity index (χ1n) is 16.6. The molecule has 0 unspecified atom stereocenters. The zero-order valence-corrected chi connectivity index (χ0v) is 26.5. The van der Waals surface area contributed by atoms with Gasteiger partial charge in [-0.05, 0) is 70.6 Å². The fraction of sp³-hybridized carbons (Fsp3) is 0. The summed E-state index contributed by atoms with van der Waals surface area (Å²) in [6, 6.07) is 62.1. The molecule has 8 aromatic carbocycles. The van der Waals surface area contributed by atoms with Crippen LogP contribution in [0.2, 0.25) is 0 Å². The van der Waals surface area contributed by atoms with E-state index in [1.54, 1.807) is 0 Å². The summed E-state index contributed by atoms with van der Waals surface area (Å²) < 4.78 is 12.9. The van der Waals surface area contributed by atoms with Gasteiger partial charge < -0.3 is 13.7 Å². The third kappa shape index (κ3) is 4.44. The Hall–Kier alpha value is -6.58. The molecule has 2 heterocycles. The molecular formula is C46H29NO2. The molecule has 3 nitrogen and oxygen atoms in total. The first kappa shape index (κ1) is 27.5. The van der Waals surface area contributed by atoms with E-state index in [2.05, 4.69) is 163 Å². The van der Waals surface area contributed by atoms with Gasteiger partial charge in [0.25, 0.3) is 0 Å². The van der Waals surface area contributed by atoms with Crippen LogP contribution in [-0.2, 0) is 0 Å². The van der Waals surface area contributed by atoms with Gasteiger partial charge in [0.2, 0.25) is 0 Å². The van der Waals surface area contributed by atoms with E-state index in [0.717, 1.165) is 83.2 Å². The van der Waals surface area contributed by atoms with Gasteiger partial charge >= 0.3 is 0 Å². The lowest BCUT2D eigenvalue weighted by Gasteiger charge is -2.29. The second-order valence-electron chi connectivity index (χ2n) is 12.5. The molecule has 0 fully saturated rings. The third-order valence-corrected chi connectivity index (χ3v) is 9.67. The van der Waals surface area contributed by atoms with Crippen LogP contribution in [0.4, 0.5) is 17.1 Å². The maximum atomic E-state index is 6.79. The summed E-state index contributed by atoms with van der Waals surface area (Å²) in [5.41, 5.74) is 11.2. The van der Waals surface area contributed by atoms with E-state index < -0.39 is 0 Å². The van der Waals surface area contributed by atoms with Crippen molar-refractivity contribution in [2.45, 2.75) is 0 Å². The Labute approximate surface area is 282 Å². The van der Waals surface area contributed by atoms with Gasteiger partial charge in [-0.25, -0.2) is 0 Å². The SMILES string of the molecule is c1ccc(-c2ccc3c(oc4ccccc43)c2N(c2ccc(-c3ccc4oc5ccccc5c4c3)cc2)c2cccc3ccccc23)cc1. The smallest absolute Gasteiger partial charge is 0.160 e. The molecule has 0 aliphatic carbocycles. The number of benzene rings is 8. The topological polar surface area (TPSA) is 29.5 Å². The van der Waals surface area contributed by atoms with E-state index in [-0.39, 0.29) is 0 Å². The lowest BCUT2D eigenvalue weighted by Crippen LogP contribution is -2.12. The van der Waals surface area contributed by atoms with Crippen LogP contribution in [0.3, 0.4) is 0 Å². The minimum Gasteiger partial charge on any atom is -0.456 e. The van der Waals surface area contributed by atoms with Crippen molar-refractivity contribution < 1.29 is 8.83 Å². The number of hydrogen-bond acceptors (Lipinski definition) is 3. The van der Waals surface area contributed by atoms with Gasteiger partial charge in [0.15, 0.2) is 5.58 Å². The number of rotatable bonds is 5. The van der Waals surface area contributed by atoms with E-state index in [1.807, 2.05) is 18.2 Å². The van der Waals surface area contributed by atoms with Crippen molar-refractivity contribution in [3.8, 4) is 22.3 Å². The molecule has 0 saturated heterocycles. The molecule has 230 valence electrons. The van der Waals surface area contributed by atoms with Crippen LogP contribution in [0.15, 0.2) is 185 Å². The molecule has 49 heavy (non-hydrogen) atoms. The highest BCUT2D eigenvalue weighted by atomic mass is 16.3. The number of nitrogens with zero attached hydrogens (tertiary/aromatic N) is 1. The van der Waals surface area contributed by atoms with E-state index in [0.29, 0.717) is 0 Å². The van der Waals surface area contributed by atoms with Crippen molar-refractivity contribution in [3.63, 3.8) is 0 Å². The first-order chi connectivity index (χ1) is 24.3. The molecule has 3 heteroatoms. The van der Waals surface area contributed by atoms with Gasteiger partial charge in [-0.1, -0.05) is 127 Å². The Kier molecular flexibility index (Phi) is 6.18. The molecule has 0 aliphatic heterocycles. The Morgan fingerprint density at radius 3 is 1.82 bits per heavy atom. The van der Waals surface area contributed by atoms with Gasteiger partial charge in [-0.15, -0.1) is 0 Å². The summed E-state index contributed by atoms with van der Waals surface area (Å²) in [6.45, 7) is 0. The van der Waals surface area contributed by atoms with Crippen LogP contribution in [0.1, 0.15) is 0 Å². The average Bonchev–Trinajstić information content (AvgIpc) is 3.74. The van der Waals surface area contributed by atoms with Gasteiger partial charge in [0, 0.05) is 38.2 Å². The maximum Gasteiger partial charge on any atom is 0.160 e. The standard InChI is InChI=1S/C46H29NO2/c1-2-11-32(12-3-1)36-26-27-39-37-16-6-9-20-43(37)49-46(39)45(36)47(41-18-10-14-31-13-4-5-15-35(31)41)34-24-21-30(22-25-34)33-23-28-44-40(29-33)38-17-7-8-19-42(38)48-44/h1-29H. The van der Waals surface area contributed by atoms with Crippen LogP contribution >= 0.6 is 0 Å². The highest BCUT2D eigenvalue weighted by molar-refractivity contribution is 6.15. The summed E-state index contributed by atoms with van der Waals surface area (Å²) in [4.78, 5) is 2.38. The number of hydrogen-bond donors (Lipinski definition) is 0. The van der Waals surface area contributed by atoms with Crippen molar-refractivity contribution in [2.24, 2.45) is 0 Å². The highest BCUT2D eigenvalue weighted by Crippen LogP contribution is 2.49. The van der Waals surface area contributed by atoms with Crippen LogP contribution in [-0.4, -0.2) is 0 Å². The lowest BCUT2D eigenvalue weighted by molar-refractivity contribution is 0.668. The highest BCUT2D eigenvalue weighted by Gasteiger charge is 2.25. The predicted octanol–water partition coefficient (Wildman–Crippen LogP) is 13.4. The average molecular weight is 628 g/mol. The quantitative estimate of drug-likeness (QED) is 0.190. The van der Waals surface area contributed by atoms with Gasteiger partial charge in [-0.2, -0.15) is 0 Å². The van der Waals surface area contributed by atoms with Crippen molar-refractivity contribution in [3.05, 3.63) is 176 Å². The molecule has 0 saturated carbocycles. The molecule has 0 N–H and O–H groups in total. The molecule has 0 atom stereocenters. The minimum absolute atomic E-state index is 0.858. The first-order valence-corrected chi connectivity index (χ1v) is 16.6. The number of furan rings is 2. The fourth-order valence-electron chi connectivity index (χ4n) is 7.35. The Morgan fingerprint density at radius 2 is 1.00 bits per heavy atom. The molecule has 0 amide bonds. The third-order valence-electron chi connectivity index (χ3n) is 9.67. The summed E-state index contributed by atoms with van der Waals surface area (Å²) >= 11 is 0. The van der Waals surface area contributed by atoms with Crippen molar-refractivity contribution in [2.75, 3.05) is 4.90 Å². The molecular weight excluding hydrogens is 599 g/mol. The van der Waals surface area contributed by atoms with Crippen LogP contribution in [0, 0.1) is 0 Å². The van der Waals surface area contributed by atoms with Crippen LogP contribution in [0.5, 0.6) is 0 Å². The predicted molar refractivity (Wildman–Crippen MR) is 204 cm³/mol. The molecule has 10 aromatic rings. The molecule has 0 radical (unpaired) electrons. The van der Waals surface area contributed by atoms with Gasteiger partial charge in [-0.3, -0.25) is 0 Å². The van der Waals surface area contributed by atoms with E-state index >= 15 is 0 Å². The van der Waals surface area contributed by atoms with Gasteiger partial charge in [0.1, 0.15) is 16.7 Å².